The van der Waals surface area contributed by atoms with E-state index in [1.807, 2.05) is 36.5 Å². The largest absolute Gasteiger partial charge is 0.452 e. The lowest BCUT2D eigenvalue weighted by Gasteiger charge is -2.25. The average molecular weight is 360 g/mol. The van der Waals surface area contributed by atoms with Crippen LogP contribution in [-0.4, -0.2) is 4.98 Å². The molecule has 0 amide bonds. The van der Waals surface area contributed by atoms with Crippen LogP contribution in [0, 0.1) is 0 Å². The van der Waals surface area contributed by atoms with Gasteiger partial charge in [0.1, 0.15) is 0 Å². The Hall–Kier alpha value is -3.85. The first-order chi connectivity index (χ1) is 13.9. The molecule has 4 aromatic carbocycles. The maximum absolute atomic E-state index is 6.51. The van der Waals surface area contributed by atoms with E-state index in [-0.39, 0.29) is 0 Å². The lowest BCUT2D eigenvalue weighted by molar-refractivity contribution is 0.492. The molecule has 0 spiro atoms. The van der Waals surface area contributed by atoms with Crippen LogP contribution in [0.25, 0.3) is 32.8 Å². The molecule has 2 heterocycles. The normalized spacial score (nSPS) is 12.1. The molecule has 5 aromatic rings. The summed E-state index contributed by atoms with van der Waals surface area (Å²) in [6.07, 6.45) is 1.83. The molecule has 1 aromatic heterocycles. The smallest absolute Gasteiger partial charge is 0.158 e. The fourth-order valence-corrected chi connectivity index (χ4v) is 3.98. The molecule has 3 nitrogen and oxygen atoms in total. The number of aromatic nitrogens is 1. The van der Waals surface area contributed by atoms with Gasteiger partial charge >= 0.3 is 0 Å². The summed E-state index contributed by atoms with van der Waals surface area (Å²) in [5.41, 5.74) is 4.04. The zero-order valence-electron chi connectivity index (χ0n) is 15.0. The zero-order valence-corrected chi connectivity index (χ0v) is 15.0. The minimum atomic E-state index is 0.860. The maximum atomic E-state index is 6.51. The number of fused-ring (bicyclic) bond motifs is 6. The van der Waals surface area contributed by atoms with E-state index in [4.69, 9.17) is 4.74 Å². The second-order valence-electron chi connectivity index (χ2n) is 6.95. The summed E-state index contributed by atoms with van der Waals surface area (Å²) in [6, 6.07) is 29.0. The molecule has 0 saturated heterocycles. The van der Waals surface area contributed by atoms with Crippen molar-refractivity contribution in [2.45, 2.75) is 0 Å². The van der Waals surface area contributed by atoms with Crippen LogP contribution in [0.3, 0.4) is 0 Å². The first-order valence-electron chi connectivity index (χ1n) is 9.32. The molecule has 0 atom stereocenters. The van der Waals surface area contributed by atoms with E-state index in [1.54, 1.807) is 0 Å². The fourth-order valence-electron chi connectivity index (χ4n) is 3.98. The van der Waals surface area contributed by atoms with Gasteiger partial charge in [-0.05, 0) is 35.0 Å². The molecule has 1 aliphatic rings. The van der Waals surface area contributed by atoms with Gasteiger partial charge in [-0.2, -0.15) is 0 Å². The Kier molecular flexibility index (Phi) is 3.17. The van der Waals surface area contributed by atoms with Gasteiger partial charge in [0.15, 0.2) is 11.5 Å². The Morgan fingerprint density at radius 2 is 1.39 bits per heavy atom. The lowest BCUT2D eigenvalue weighted by atomic mass is 9.99. The standard InChI is InChI=1S/C25H16N2O/c1-2-7-17-16(6-1)11-13-22-24(17)28-25-20-9-5-8-19(21-10-3-4-15-26-21)18(20)12-14-23(25)27-22/h1-15,27H. The summed E-state index contributed by atoms with van der Waals surface area (Å²) in [4.78, 5) is 4.53. The SMILES string of the molecule is c1ccc(-c2cccc3c4c(ccc23)Nc2ccc3ccccc3c2O4)nc1. The summed E-state index contributed by atoms with van der Waals surface area (Å²) in [7, 11) is 0. The van der Waals surface area contributed by atoms with Crippen molar-refractivity contribution in [3.8, 4) is 22.8 Å². The molecule has 0 saturated carbocycles. The molecule has 0 radical (unpaired) electrons. The van der Waals surface area contributed by atoms with Crippen LogP contribution in [0.4, 0.5) is 11.4 Å². The quantitative estimate of drug-likeness (QED) is 0.346. The minimum absolute atomic E-state index is 0.860. The summed E-state index contributed by atoms with van der Waals surface area (Å²) in [5.74, 6) is 1.74. The number of pyridine rings is 1. The molecule has 0 bridgehead atoms. The average Bonchev–Trinajstić information content (AvgIpc) is 2.78. The van der Waals surface area contributed by atoms with Gasteiger partial charge in [-0.1, -0.05) is 60.7 Å². The number of hydrogen-bond donors (Lipinski definition) is 1. The zero-order chi connectivity index (χ0) is 18.5. The van der Waals surface area contributed by atoms with Crippen LogP contribution in [-0.2, 0) is 0 Å². The Bertz CT molecular complexity index is 1360. The predicted octanol–water partition coefficient (Wildman–Crippen LogP) is 6.90. The van der Waals surface area contributed by atoms with Gasteiger partial charge in [-0.15, -0.1) is 0 Å². The number of benzene rings is 4. The van der Waals surface area contributed by atoms with Gasteiger partial charge in [0, 0.05) is 22.5 Å². The molecule has 28 heavy (non-hydrogen) atoms. The van der Waals surface area contributed by atoms with Gasteiger partial charge in [0.25, 0.3) is 0 Å². The van der Waals surface area contributed by atoms with Crippen LogP contribution in [0.5, 0.6) is 11.5 Å². The molecular weight excluding hydrogens is 344 g/mol. The van der Waals surface area contributed by atoms with E-state index in [0.29, 0.717) is 0 Å². The van der Waals surface area contributed by atoms with Crippen LogP contribution >= 0.6 is 0 Å². The summed E-state index contributed by atoms with van der Waals surface area (Å²) in [6.45, 7) is 0. The van der Waals surface area contributed by atoms with E-state index in [2.05, 4.69) is 64.9 Å². The van der Waals surface area contributed by atoms with Gasteiger partial charge in [0.05, 0.1) is 17.1 Å². The van der Waals surface area contributed by atoms with Crippen molar-refractivity contribution in [1.82, 2.24) is 4.98 Å². The minimum Gasteiger partial charge on any atom is -0.452 e. The molecule has 1 N–H and O–H groups in total. The molecule has 0 fully saturated rings. The second-order valence-corrected chi connectivity index (χ2v) is 6.95. The van der Waals surface area contributed by atoms with Crippen LogP contribution < -0.4 is 10.1 Å². The first-order valence-corrected chi connectivity index (χ1v) is 9.32. The summed E-state index contributed by atoms with van der Waals surface area (Å²) >= 11 is 0. The molecule has 1 aliphatic heterocycles. The number of ether oxygens (including phenoxy) is 1. The molecule has 0 aliphatic carbocycles. The van der Waals surface area contributed by atoms with Crippen molar-refractivity contribution in [3.63, 3.8) is 0 Å². The van der Waals surface area contributed by atoms with Gasteiger partial charge in [-0.25, -0.2) is 0 Å². The third-order valence-electron chi connectivity index (χ3n) is 5.31. The molecule has 6 rings (SSSR count). The Labute approximate surface area is 162 Å². The van der Waals surface area contributed by atoms with Crippen molar-refractivity contribution in [1.29, 1.82) is 0 Å². The predicted molar refractivity (Wildman–Crippen MR) is 114 cm³/mol. The van der Waals surface area contributed by atoms with Gasteiger partial charge in [-0.3, -0.25) is 4.98 Å². The fraction of sp³-hybridized carbons (Fsp3) is 0. The highest BCUT2D eigenvalue weighted by molar-refractivity contribution is 6.05. The van der Waals surface area contributed by atoms with Crippen LogP contribution in [0.2, 0.25) is 0 Å². The number of rotatable bonds is 1. The Morgan fingerprint density at radius 1 is 0.607 bits per heavy atom. The lowest BCUT2D eigenvalue weighted by Crippen LogP contribution is -2.04. The van der Waals surface area contributed by atoms with Crippen LogP contribution in [0.15, 0.2) is 91.1 Å². The third-order valence-corrected chi connectivity index (χ3v) is 5.31. The number of anilines is 2. The van der Waals surface area contributed by atoms with E-state index >= 15 is 0 Å². The van der Waals surface area contributed by atoms with Gasteiger partial charge in [0.2, 0.25) is 0 Å². The molecule has 0 unspecified atom stereocenters. The van der Waals surface area contributed by atoms with Crippen molar-refractivity contribution in [3.05, 3.63) is 91.1 Å². The van der Waals surface area contributed by atoms with E-state index in [0.717, 1.165) is 50.3 Å². The third kappa shape index (κ3) is 2.20. The first kappa shape index (κ1) is 15.2. The molecule has 132 valence electrons. The maximum Gasteiger partial charge on any atom is 0.158 e. The number of hydrogen-bond acceptors (Lipinski definition) is 3. The summed E-state index contributed by atoms with van der Waals surface area (Å²) < 4.78 is 6.51. The number of nitrogens with one attached hydrogen (secondary N) is 1. The Morgan fingerprint density at radius 3 is 2.29 bits per heavy atom. The highest BCUT2D eigenvalue weighted by Gasteiger charge is 2.21. The van der Waals surface area contributed by atoms with Gasteiger partial charge < -0.3 is 10.1 Å². The molecule has 3 heteroatoms. The monoisotopic (exact) mass is 360 g/mol. The highest BCUT2D eigenvalue weighted by atomic mass is 16.5. The molecular formula is C25H16N2O. The number of nitrogens with zero attached hydrogens (tertiary/aromatic N) is 1. The van der Waals surface area contributed by atoms with Crippen molar-refractivity contribution in [2.75, 3.05) is 5.32 Å². The van der Waals surface area contributed by atoms with Crippen molar-refractivity contribution < 1.29 is 4.74 Å². The summed E-state index contributed by atoms with van der Waals surface area (Å²) in [5, 5.41) is 8.02. The van der Waals surface area contributed by atoms with Crippen molar-refractivity contribution in [2.24, 2.45) is 0 Å². The second kappa shape index (κ2) is 5.83. The van der Waals surface area contributed by atoms with Crippen LogP contribution in [0.1, 0.15) is 0 Å². The highest BCUT2D eigenvalue weighted by Crippen LogP contribution is 2.49. The topological polar surface area (TPSA) is 34.1 Å². The van der Waals surface area contributed by atoms with E-state index in [1.165, 1.54) is 5.39 Å². The Balaban J connectivity index is 1.59. The van der Waals surface area contributed by atoms with Crippen molar-refractivity contribution >= 4 is 32.9 Å². The van der Waals surface area contributed by atoms with E-state index in [9.17, 15) is 0 Å². The van der Waals surface area contributed by atoms with E-state index < -0.39 is 0 Å².